The van der Waals surface area contributed by atoms with Gasteiger partial charge in [-0.1, -0.05) is 11.3 Å². The highest BCUT2D eigenvalue weighted by Gasteiger charge is 2.17. The van der Waals surface area contributed by atoms with Crippen molar-refractivity contribution >= 4 is 33.9 Å². The largest absolute Gasteiger partial charge is 0.476 e. The van der Waals surface area contributed by atoms with E-state index in [2.05, 4.69) is 4.98 Å². The summed E-state index contributed by atoms with van der Waals surface area (Å²) in [5.41, 5.74) is 5.32. The third kappa shape index (κ3) is 1.81. The van der Waals surface area contributed by atoms with Gasteiger partial charge in [-0.25, -0.2) is 9.78 Å². The van der Waals surface area contributed by atoms with Gasteiger partial charge in [-0.15, -0.1) is 0 Å². The zero-order chi connectivity index (χ0) is 11.0. The van der Waals surface area contributed by atoms with Gasteiger partial charge in [0.25, 0.3) is 0 Å². The van der Waals surface area contributed by atoms with E-state index in [9.17, 15) is 4.79 Å². The van der Waals surface area contributed by atoms with Crippen LogP contribution in [0.3, 0.4) is 0 Å². The summed E-state index contributed by atoms with van der Waals surface area (Å²) in [6, 6.07) is 3.15. The highest BCUT2D eigenvalue weighted by molar-refractivity contribution is 7.19. The highest BCUT2D eigenvalue weighted by Crippen LogP contribution is 2.32. The SMILES string of the molecule is Nc1sc(-c2ccc(Cl)o2)nc1C(=O)O. The van der Waals surface area contributed by atoms with Crippen LogP contribution in [-0.4, -0.2) is 16.1 Å². The van der Waals surface area contributed by atoms with Crippen LogP contribution in [-0.2, 0) is 0 Å². The fourth-order valence-electron chi connectivity index (χ4n) is 1.02. The molecular weight excluding hydrogens is 240 g/mol. The Labute approximate surface area is 93.1 Å². The predicted octanol–water partition coefficient (Wildman–Crippen LogP) is 2.34. The van der Waals surface area contributed by atoms with Crippen molar-refractivity contribution in [2.45, 2.75) is 0 Å². The van der Waals surface area contributed by atoms with Gasteiger partial charge in [-0.3, -0.25) is 0 Å². The summed E-state index contributed by atoms with van der Waals surface area (Å²) in [6.45, 7) is 0. The molecule has 15 heavy (non-hydrogen) atoms. The molecule has 0 fully saturated rings. The van der Waals surface area contributed by atoms with Crippen LogP contribution in [0.15, 0.2) is 16.5 Å². The number of carbonyl (C=O) groups is 1. The fourth-order valence-corrected chi connectivity index (χ4v) is 1.95. The summed E-state index contributed by atoms with van der Waals surface area (Å²) >= 11 is 6.62. The average Bonchev–Trinajstić information content (AvgIpc) is 2.71. The van der Waals surface area contributed by atoms with Crippen LogP contribution in [0.4, 0.5) is 5.00 Å². The molecule has 0 aliphatic carbocycles. The molecule has 0 atom stereocenters. The molecule has 2 rings (SSSR count). The summed E-state index contributed by atoms with van der Waals surface area (Å²) in [5.74, 6) is -0.753. The first-order valence-electron chi connectivity index (χ1n) is 3.83. The third-order valence-electron chi connectivity index (χ3n) is 1.64. The Balaban J connectivity index is 2.46. The van der Waals surface area contributed by atoms with Crippen molar-refractivity contribution in [3.63, 3.8) is 0 Å². The normalized spacial score (nSPS) is 10.5. The first-order chi connectivity index (χ1) is 7.08. The van der Waals surface area contributed by atoms with Crippen LogP contribution in [0.2, 0.25) is 5.22 Å². The first kappa shape index (κ1) is 10.0. The molecule has 0 radical (unpaired) electrons. The molecule has 7 heteroatoms. The van der Waals surface area contributed by atoms with Gasteiger partial charge in [-0.05, 0) is 23.7 Å². The van der Waals surface area contributed by atoms with Crippen molar-refractivity contribution in [3.05, 3.63) is 23.0 Å². The molecule has 0 saturated carbocycles. The smallest absolute Gasteiger partial charge is 0.357 e. The predicted molar refractivity (Wildman–Crippen MR) is 56.2 cm³/mol. The number of thiazole rings is 1. The minimum Gasteiger partial charge on any atom is -0.476 e. The molecule has 0 spiro atoms. The molecule has 0 unspecified atom stereocenters. The lowest BCUT2D eigenvalue weighted by Gasteiger charge is -1.86. The lowest BCUT2D eigenvalue weighted by molar-refractivity contribution is 0.0692. The lowest BCUT2D eigenvalue weighted by Crippen LogP contribution is -2.00. The van der Waals surface area contributed by atoms with Gasteiger partial charge < -0.3 is 15.3 Å². The van der Waals surface area contributed by atoms with E-state index in [0.29, 0.717) is 10.8 Å². The monoisotopic (exact) mass is 244 g/mol. The summed E-state index contributed by atoms with van der Waals surface area (Å²) < 4.78 is 5.08. The number of halogens is 1. The van der Waals surface area contributed by atoms with Crippen molar-refractivity contribution < 1.29 is 14.3 Å². The molecule has 3 N–H and O–H groups in total. The Hall–Kier alpha value is -1.53. The highest BCUT2D eigenvalue weighted by atomic mass is 35.5. The molecule has 0 saturated heterocycles. The molecule has 0 aromatic carbocycles. The Bertz CT molecular complexity index is 520. The lowest BCUT2D eigenvalue weighted by atomic mass is 10.4. The van der Waals surface area contributed by atoms with Crippen molar-refractivity contribution in [1.82, 2.24) is 4.98 Å². The van der Waals surface area contributed by atoms with E-state index in [4.69, 9.17) is 26.9 Å². The molecule has 2 aromatic heterocycles. The minimum atomic E-state index is -1.16. The summed E-state index contributed by atoms with van der Waals surface area (Å²) in [6.07, 6.45) is 0. The number of nitrogen functional groups attached to an aromatic ring is 1. The van der Waals surface area contributed by atoms with Gasteiger partial charge in [0, 0.05) is 0 Å². The topological polar surface area (TPSA) is 89.4 Å². The number of nitrogens with two attached hydrogens (primary N) is 1. The summed E-state index contributed by atoms with van der Waals surface area (Å²) in [5, 5.41) is 9.50. The van der Waals surface area contributed by atoms with E-state index in [1.54, 1.807) is 12.1 Å². The van der Waals surface area contributed by atoms with Crippen LogP contribution in [0.1, 0.15) is 10.5 Å². The molecule has 5 nitrogen and oxygen atoms in total. The van der Waals surface area contributed by atoms with Gasteiger partial charge >= 0.3 is 5.97 Å². The summed E-state index contributed by atoms with van der Waals surface area (Å²) in [7, 11) is 0. The maximum Gasteiger partial charge on any atom is 0.357 e. The number of nitrogens with zero attached hydrogens (tertiary/aromatic N) is 1. The fraction of sp³-hybridized carbons (Fsp3) is 0. The number of carboxylic acid groups (broad SMARTS) is 1. The maximum absolute atomic E-state index is 10.7. The standard InChI is InChI=1S/C8H5ClN2O3S/c9-4-2-1-3(14-4)7-11-5(8(12)13)6(10)15-7/h1-2H,10H2,(H,12,13). The van der Waals surface area contributed by atoms with Crippen LogP contribution in [0.25, 0.3) is 10.8 Å². The van der Waals surface area contributed by atoms with Gasteiger partial charge in [0.1, 0.15) is 5.00 Å². The molecule has 0 bridgehead atoms. The molecule has 0 amide bonds. The first-order valence-corrected chi connectivity index (χ1v) is 5.02. The average molecular weight is 245 g/mol. The van der Waals surface area contributed by atoms with E-state index < -0.39 is 5.97 Å². The van der Waals surface area contributed by atoms with Gasteiger partial charge in [0.2, 0.25) is 0 Å². The third-order valence-corrected chi connectivity index (χ3v) is 2.74. The van der Waals surface area contributed by atoms with Crippen molar-refractivity contribution in [2.75, 3.05) is 5.73 Å². The maximum atomic E-state index is 10.7. The van der Waals surface area contributed by atoms with Crippen LogP contribution >= 0.6 is 22.9 Å². The number of rotatable bonds is 2. The second kappa shape index (κ2) is 3.56. The van der Waals surface area contributed by atoms with Gasteiger partial charge in [-0.2, -0.15) is 0 Å². The second-order valence-electron chi connectivity index (χ2n) is 2.64. The Kier molecular flexibility index (Phi) is 2.37. The molecule has 0 aliphatic heterocycles. The molecule has 78 valence electrons. The molecule has 2 aromatic rings. The number of furan rings is 1. The number of carboxylic acids is 1. The van der Waals surface area contributed by atoms with E-state index in [-0.39, 0.29) is 15.9 Å². The second-order valence-corrected chi connectivity index (χ2v) is 4.04. The Morgan fingerprint density at radius 2 is 2.33 bits per heavy atom. The number of anilines is 1. The number of hydrogen-bond donors (Lipinski definition) is 2. The van der Waals surface area contributed by atoms with Crippen molar-refractivity contribution in [2.24, 2.45) is 0 Å². The quantitative estimate of drug-likeness (QED) is 0.846. The van der Waals surface area contributed by atoms with E-state index >= 15 is 0 Å². The van der Waals surface area contributed by atoms with Crippen LogP contribution in [0.5, 0.6) is 0 Å². The molecule has 2 heterocycles. The van der Waals surface area contributed by atoms with E-state index in [0.717, 1.165) is 11.3 Å². The minimum absolute atomic E-state index is 0.144. The zero-order valence-corrected chi connectivity index (χ0v) is 8.80. The molecule has 0 aliphatic rings. The zero-order valence-electron chi connectivity index (χ0n) is 7.23. The summed E-state index contributed by atoms with van der Waals surface area (Å²) in [4.78, 5) is 14.5. The Morgan fingerprint density at radius 1 is 1.60 bits per heavy atom. The Morgan fingerprint density at radius 3 is 2.80 bits per heavy atom. The van der Waals surface area contributed by atoms with E-state index in [1.165, 1.54) is 0 Å². The van der Waals surface area contributed by atoms with Crippen molar-refractivity contribution in [1.29, 1.82) is 0 Å². The van der Waals surface area contributed by atoms with Gasteiger partial charge in [0.05, 0.1) is 0 Å². The van der Waals surface area contributed by atoms with Crippen LogP contribution < -0.4 is 5.73 Å². The number of aromatic nitrogens is 1. The molecular formula is C8H5ClN2O3S. The number of hydrogen-bond acceptors (Lipinski definition) is 5. The van der Waals surface area contributed by atoms with E-state index in [1.807, 2.05) is 0 Å². The van der Waals surface area contributed by atoms with Gasteiger partial charge in [0.15, 0.2) is 21.7 Å². The van der Waals surface area contributed by atoms with Crippen LogP contribution in [0, 0.1) is 0 Å². The number of aromatic carboxylic acids is 1. The van der Waals surface area contributed by atoms with Crippen molar-refractivity contribution in [3.8, 4) is 10.8 Å².